The van der Waals surface area contributed by atoms with Crippen LogP contribution in [0.1, 0.15) is 18.4 Å². The van der Waals surface area contributed by atoms with Gasteiger partial charge in [-0.25, -0.2) is 12.8 Å². The predicted molar refractivity (Wildman–Crippen MR) is 53.3 cm³/mol. The van der Waals surface area contributed by atoms with Gasteiger partial charge in [-0.2, -0.15) is 0 Å². The van der Waals surface area contributed by atoms with Gasteiger partial charge in [0, 0.05) is 28.2 Å². The fraction of sp³-hybridized carbons (Fsp3) is 0.333. The molecule has 3 nitrogen and oxygen atoms in total. The van der Waals surface area contributed by atoms with Crippen LogP contribution in [-0.2, 0) is 9.05 Å². The maximum Gasteiger partial charge on any atom is 0.264 e. The number of ether oxygens (including phenoxy) is 1. The highest BCUT2D eigenvalue weighted by Crippen LogP contribution is 2.37. The zero-order chi connectivity index (χ0) is 11.2. The lowest BCUT2D eigenvalue weighted by Crippen LogP contribution is -1.97. The first-order valence-corrected chi connectivity index (χ1v) is 6.61. The molecule has 1 aliphatic rings. The van der Waals surface area contributed by atoms with Crippen molar-refractivity contribution in [2.75, 3.05) is 6.61 Å². The second-order valence-corrected chi connectivity index (χ2v) is 6.00. The van der Waals surface area contributed by atoms with Crippen LogP contribution in [0.25, 0.3) is 0 Å². The molecule has 0 bridgehead atoms. The Morgan fingerprint density at radius 2 is 2.20 bits per heavy atom. The fourth-order valence-electron chi connectivity index (χ4n) is 1.55. The summed E-state index contributed by atoms with van der Waals surface area (Å²) in [6.45, 7) is 2.30. The van der Waals surface area contributed by atoms with E-state index in [0.29, 0.717) is 17.9 Å². The van der Waals surface area contributed by atoms with Crippen LogP contribution in [0.3, 0.4) is 0 Å². The number of halogens is 2. The van der Waals surface area contributed by atoms with Crippen molar-refractivity contribution < 1.29 is 17.5 Å². The van der Waals surface area contributed by atoms with Crippen molar-refractivity contribution in [1.29, 1.82) is 0 Å². The Labute approximate surface area is 91.2 Å². The average molecular weight is 251 g/mol. The van der Waals surface area contributed by atoms with E-state index in [1.165, 1.54) is 6.07 Å². The SMILES string of the molecule is CC1COc2cc(F)c(S(=O)(=O)Cl)cc21. The molecule has 0 saturated heterocycles. The first-order chi connectivity index (χ1) is 6.89. The molecule has 1 heterocycles. The minimum Gasteiger partial charge on any atom is -0.493 e. The molecule has 1 atom stereocenters. The third-order valence-corrected chi connectivity index (χ3v) is 3.68. The summed E-state index contributed by atoms with van der Waals surface area (Å²) in [5.41, 5.74) is 0.677. The molecule has 2 rings (SSSR count). The Balaban J connectivity index is 2.66. The topological polar surface area (TPSA) is 43.4 Å². The van der Waals surface area contributed by atoms with Crippen molar-refractivity contribution >= 4 is 19.7 Å². The van der Waals surface area contributed by atoms with E-state index in [0.717, 1.165) is 6.07 Å². The molecule has 0 fully saturated rings. The Hall–Kier alpha value is -0.810. The highest BCUT2D eigenvalue weighted by atomic mass is 35.7. The molecular formula is C9H8ClFO3S. The smallest absolute Gasteiger partial charge is 0.264 e. The van der Waals surface area contributed by atoms with E-state index < -0.39 is 19.8 Å². The molecule has 0 aliphatic carbocycles. The molecule has 82 valence electrons. The van der Waals surface area contributed by atoms with Crippen LogP contribution < -0.4 is 4.74 Å². The van der Waals surface area contributed by atoms with E-state index in [1.54, 1.807) is 0 Å². The van der Waals surface area contributed by atoms with Crippen LogP contribution in [0.2, 0.25) is 0 Å². The van der Waals surface area contributed by atoms with Gasteiger partial charge >= 0.3 is 0 Å². The molecule has 1 aliphatic heterocycles. The minimum atomic E-state index is -4.04. The summed E-state index contributed by atoms with van der Waals surface area (Å²) in [5, 5.41) is 0. The molecule has 0 radical (unpaired) electrons. The van der Waals surface area contributed by atoms with E-state index in [1.807, 2.05) is 6.92 Å². The first kappa shape index (κ1) is 10.7. The summed E-state index contributed by atoms with van der Waals surface area (Å²) < 4.78 is 40.6. The molecule has 1 unspecified atom stereocenters. The normalized spacial score (nSPS) is 19.8. The third kappa shape index (κ3) is 1.81. The summed E-state index contributed by atoms with van der Waals surface area (Å²) in [6.07, 6.45) is 0. The van der Waals surface area contributed by atoms with Gasteiger partial charge in [0.05, 0.1) is 6.61 Å². The van der Waals surface area contributed by atoms with Crippen molar-refractivity contribution in [1.82, 2.24) is 0 Å². The lowest BCUT2D eigenvalue weighted by Gasteiger charge is -2.04. The number of hydrogen-bond donors (Lipinski definition) is 0. The van der Waals surface area contributed by atoms with Crippen molar-refractivity contribution in [3.05, 3.63) is 23.5 Å². The molecule has 0 N–H and O–H groups in total. The van der Waals surface area contributed by atoms with Gasteiger partial charge < -0.3 is 4.74 Å². The van der Waals surface area contributed by atoms with Gasteiger partial charge in [0.15, 0.2) is 0 Å². The van der Waals surface area contributed by atoms with E-state index in [2.05, 4.69) is 0 Å². The Kier molecular flexibility index (Phi) is 2.39. The lowest BCUT2D eigenvalue weighted by molar-refractivity contribution is 0.336. The molecule has 0 amide bonds. The number of fused-ring (bicyclic) bond motifs is 1. The zero-order valence-corrected chi connectivity index (χ0v) is 9.40. The lowest BCUT2D eigenvalue weighted by atomic mass is 10.0. The molecule has 1 aromatic rings. The average Bonchev–Trinajstić information content (AvgIpc) is 2.44. The van der Waals surface area contributed by atoms with Crippen molar-refractivity contribution in [3.63, 3.8) is 0 Å². The van der Waals surface area contributed by atoms with E-state index in [9.17, 15) is 12.8 Å². The minimum absolute atomic E-state index is 0.0535. The van der Waals surface area contributed by atoms with Gasteiger partial charge in [-0.1, -0.05) is 6.92 Å². The number of rotatable bonds is 1. The van der Waals surface area contributed by atoms with Gasteiger partial charge in [-0.3, -0.25) is 0 Å². The summed E-state index contributed by atoms with van der Waals surface area (Å²) in [7, 11) is 1.07. The van der Waals surface area contributed by atoms with Crippen LogP contribution in [0.15, 0.2) is 17.0 Å². The highest BCUT2D eigenvalue weighted by Gasteiger charge is 2.26. The summed E-state index contributed by atoms with van der Waals surface area (Å²) >= 11 is 0. The van der Waals surface area contributed by atoms with Gasteiger partial charge in [0.1, 0.15) is 16.5 Å². The standard InChI is InChI=1S/C9H8ClFO3S/c1-5-4-14-8-3-7(11)9(2-6(5)8)15(10,12)13/h2-3,5H,4H2,1H3. The Morgan fingerprint density at radius 3 is 2.80 bits per heavy atom. The molecule has 15 heavy (non-hydrogen) atoms. The van der Waals surface area contributed by atoms with Gasteiger partial charge in [-0.15, -0.1) is 0 Å². The largest absolute Gasteiger partial charge is 0.493 e. The molecule has 0 aromatic heterocycles. The first-order valence-electron chi connectivity index (χ1n) is 4.30. The second-order valence-electron chi connectivity index (χ2n) is 3.47. The molecule has 0 saturated carbocycles. The van der Waals surface area contributed by atoms with Crippen LogP contribution in [-0.4, -0.2) is 15.0 Å². The number of benzene rings is 1. The third-order valence-electron chi connectivity index (χ3n) is 2.35. The van der Waals surface area contributed by atoms with Gasteiger partial charge in [-0.05, 0) is 6.07 Å². The maximum atomic E-state index is 13.3. The van der Waals surface area contributed by atoms with E-state index in [4.69, 9.17) is 15.4 Å². The molecule has 6 heteroatoms. The maximum absolute atomic E-state index is 13.3. The molecule has 0 spiro atoms. The van der Waals surface area contributed by atoms with Gasteiger partial charge in [0.25, 0.3) is 9.05 Å². The summed E-state index contributed by atoms with van der Waals surface area (Å²) in [6, 6.07) is 2.30. The Morgan fingerprint density at radius 1 is 1.53 bits per heavy atom. The van der Waals surface area contributed by atoms with E-state index in [-0.39, 0.29) is 5.92 Å². The van der Waals surface area contributed by atoms with Crippen LogP contribution in [0.4, 0.5) is 4.39 Å². The quantitative estimate of drug-likeness (QED) is 0.718. The molecule has 1 aromatic carbocycles. The molecular weight excluding hydrogens is 243 g/mol. The van der Waals surface area contributed by atoms with Crippen LogP contribution in [0.5, 0.6) is 5.75 Å². The predicted octanol–water partition coefficient (Wildman–Crippen LogP) is 2.25. The van der Waals surface area contributed by atoms with E-state index >= 15 is 0 Å². The Bertz CT molecular complexity index is 512. The van der Waals surface area contributed by atoms with Crippen LogP contribution >= 0.6 is 10.7 Å². The second kappa shape index (κ2) is 3.35. The monoisotopic (exact) mass is 250 g/mol. The van der Waals surface area contributed by atoms with Crippen LogP contribution in [0, 0.1) is 5.82 Å². The summed E-state index contributed by atoms with van der Waals surface area (Å²) in [4.78, 5) is -0.486. The zero-order valence-electron chi connectivity index (χ0n) is 7.83. The number of hydrogen-bond acceptors (Lipinski definition) is 3. The summed E-state index contributed by atoms with van der Waals surface area (Å²) in [5.74, 6) is -0.431. The van der Waals surface area contributed by atoms with Crippen molar-refractivity contribution in [2.24, 2.45) is 0 Å². The van der Waals surface area contributed by atoms with Crippen molar-refractivity contribution in [3.8, 4) is 5.75 Å². The van der Waals surface area contributed by atoms with Crippen molar-refractivity contribution in [2.45, 2.75) is 17.7 Å². The fourth-order valence-corrected chi connectivity index (χ4v) is 2.47. The highest BCUT2D eigenvalue weighted by molar-refractivity contribution is 8.13. The van der Waals surface area contributed by atoms with Gasteiger partial charge in [0.2, 0.25) is 0 Å².